The van der Waals surface area contributed by atoms with Gasteiger partial charge in [0.2, 0.25) is 0 Å². The molecule has 1 aliphatic heterocycles. The first-order valence-corrected chi connectivity index (χ1v) is 13.2. The second-order valence-corrected chi connectivity index (χ2v) is 10.9. The minimum atomic E-state index is -1.18. The summed E-state index contributed by atoms with van der Waals surface area (Å²) in [6.45, 7) is 6.86. The molecule has 0 spiro atoms. The summed E-state index contributed by atoms with van der Waals surface area (Å²) in [7, 11) is 5.45. The first-order valence-electron chi connectivity index (χ1n) is 13.2. The molecule has 1 unspecified atom stereocenters. The second kappa shape index (κ2) is 9.42. The molecular weight excluding hydrogens is 496 g/mol. The van der Waals surface area contributed by atoms with Gasteiger partial charge in [-0.05, 0) is 51.7 Å². The highest BCUT2D eigenvalue weighted by atomic mass is 16.5. The molecule has 0 saturated carbocycles. The number of fused-ring (bicyclic) bond motifs is 3. The van der Waals surface area contributed by atoms with Gasteiger partial charge in [-0.25, -0.2) is 4.68 Å². The van der Waals surface area contributed by atoms with Crippen LogP contribution in [0.25, 0.3) is 33.3 Å². The third-order valence-electron chi connectivity index (χ3n) is 7.74. The Balaban J connectivity index is 1.73. The van der Waals surface area contributed by atoms with Gasteiger partial charge in [-0.3, -0.25) is 14.6 Å². The zero-order valence-electron chi connectivity index (χ0n) is 23.2. The largest absolute Gasteiger partial charge is 0.497 e. The van der Waals surface area contributed by atoms with Crippen LogP contribution in [0.5, 0.6) is 5.75 Å². The number of ether oxygens (including phenoxy) is 2. The normalized spacial score (nSPS) is 15.9. The molecule has 11 heteroatoms. The highest BCUT2D eigenvalue weighted by Gasteiger charge is 2.36. The molecule has 5 aromatic heterocycles. The number of hydrogen-bond donors (Lipinski definition) is 1. The molecule has 11 nitrogen and oxygen atoms in total. The summed E-state index contributed by atoms with van der Waals surface area (Å²) in [5, 5.41) is 24.6. The average molecular weight is 531 g/mol. The lowest BCUT2D eigenvalue weighted by atomic mass is 9.88. The summed E-state index contributed by atoms with van der Waals surface area (Å²) in [5.74, 6) is 0.977. The van der Waals surface area contributed by atoms with Gasteiger partial charge in [0.25, 0.3) is 0 Å². The number of rotatable bonds is 6. The van der Waals surface area contributed by atoms with Crippen LogP contribution in [0.15, 0.2) is 30.6 Å². The summed E-state index contributed by atoms with van der Waals surface area (Å²) >= 11 is 0. The number of methoxy groups -OCH3 is 1. The van der Waals surface area contributed by atoms with E-state index in [1.54, 1.807) is 31.8 Å². The summed E-state index contributed by atoms with van der Waals surface area (Å²) in [6, 6.07) is 5.84. The Labute approximate surface area is 226 Å². The molecule has 5 aromatic rings. The van der Waals surface area contributed by atoms with Crippen molar-refractivity contribution in [2.45, 2.75) is 45.3 Å². The Kier molecular flexibility index (Phi) is 6.15. The number of hydrogen-bond acceptors (Lipinski definition) is 8. The molecular formula is C28H34N8O3. The molecule has 0 amide bonds. The Morgan fingerprint density at radius 1 is 1.10 bits per heavy atom. The SMILES string of the molecule is COc1ccnc(C(C2CCOCC2)n2c3cc(-c4c(C)nnn4C)cnc3c3c2c(C(C)(C)O)nn3C)c1. The molecule has 0 aromatic carbocycles. The predicted octanol–water partition coefficient (Wildman–Crippen LogP) is 3.67. The fourth-order valence-electron chi connectivity index (χ4n) is 5.97. The number of aliphatic hydroxyl groups is 1. The van der Waals surface area contributed by atoms with E-state index in [-0.39, 0.29) is 12.0 Å². The molecule has 204 valence electrons. The topological polar surface area (TPSA) is 118 Å². The zero-order chi connectivity index (χ0) is 27.5. The second-order valence-electron chi connectivity index (χ2n) is 10.9. The van der Waals surface area contributed by atoms with Crippen LogP contribution in [-0.2, 0) is 24.4 Å². The lowest BCUT2D eigenvalue weighted by Crippen LogP contribution is -2.28. The van der Waals surface area contributed by atoms with E-state index >= 15 is 0 Å². The van der Waals surface area contributed by atoms with Crippen LogP contribution in [0, 0.1) is 12.8 Å². The smallest absolute Gasteiger partial charge is 0.122 e. The highest BCUT2D eigenvalue weighted by molar-refractivity contribution is 6.06. The van der Waals surface area contributed by atoms with Crippen molar-refractivity contribution >= 4 is 22.1 Å². The third-order valence-corrected chi connectivity index (χ3v) is 7.74. The number of nitrogens with zero attached hydrogens (tertiary/aromatic N) is 8. The van der Waals surface area contributed by atoms with E-state index in [2.05, 4.69) is 20.9 Å². The Hall–Kier alpha value is -3.83. The van der Waals surface area contributed by atoms with Crippen molar-refractivity contribution < 1.29 is 14.6 Å². The van der Waals surface area contributed by atoms with Gasteiger partial charge in [0.15, 0.2) is 0 Å². The first-order chi connectivity index (χ1) is 18.7. The molecule has 0 aliphatic carbocycles. The van der Waals surface area contributed by atoms with Gasteiger partial charge in [0.1, 0.15) is 28.1 Å². The maximum absolute atomic E-state index is 11.3. The summed E-state index contributed by atoms with van der Waals surface area (Å²) < 4.78 is 17.2. The van der Waals surface area contributed by atoms with Crippen LogP contribution in [0.4, 0.5) is 0 Å². The molecule has 0 radical (unpaired) electrons. The standard InChI is InChI=1S/C28H34N8O3/c1-16-23(35(5)33-31-16)18-13-21-22(30-15-18)25-26(27(28(2,3)37)32-34(25)4)36(21)24(17-8-11-39-12-9-17)20-14-19(38-6)7-10-29-20/h7,10,13-15,17,24,37H,8-9,11-12H2,1-6H3. The Bertz CT molecular complexity index is 1650. The average Bonchev–Trinajstić information content (AvgIpc) is 3.56. The zero-order valence-corrected chi connectivity index (χ0v) is 23.2. The minimum absolute atomic E-state index is 0.169. The monoisotopic (exact) mass is 530 g/mol. The van der Waals surface area contributed by atoms with E-state index in [1.165, 1.54) is 0 Å². The molecule has 6 rings (SSSR count). The molecule has 1 saturated heterocycles. The van der Waals surface area contributed by atoms with E-state index in [1.807, 2.05) is 44.0 Å². The Morgan fingerprint density at radius 3 is 2.54 bits per heavy atom. The summed E-state index contributed by atoms with van der Waals surface area (Å²) in [4.78, 5) is 9.83. The molecule has 1 N–H and O–H groups in total. The van der Waals surface area contributed by atoms with Gasteiger partial charge in [-0.15, -0.1) is 5.10 Å². The van der Waals surface area contributed by atoms with E-state index in [0.29, 0.717) is 18.9 Å². The van der Waals surface area contributed by atoms with Crippen LogP contribution in [0.2, 0.25) is 0 Å². The van der Waals surface area contributed by atoms with Gasteiger partial charge in [-0.1, -0.05) is 5.21 Å². The van der Waals surface area contributed by atoms with Crippen molar-refractivity contribution in [3.05, 3.63) is 47.7 Å². The van der Waals surface area contributed by atoms with Crippen molar-refractivity contribution in [2.24, 2.45) is 20.0 Å². The van der Waals surface area contributed by atoms with Crippen LogP contribution >= 0.6 is 0 Å². The summed E-state index contributed by atoms with van der Waals surface area (Å²) in [6.07, 6.45) is 5.40. The molecule has 1 fully saturated rings. The molecule has 39 heavy (non-hydrogen) atoms. The van der Waals surface area contributed by atoms with E-state index in [4.69, 9.17) is 24.5 Å². The van der Waals surface area contributed by atoms with Gasteiger partial charge < -0.3 is 19.1 Å². The van der Waals surface area contributed by atoms with Crippen molar-refractivity contribution in [2.75, 3.05) is 20.3 Å². The maximum Gasteiger partial charge on any atom is 0.122 e. The third kappa shape index (κ3) is 4.16. The minimum Gasteiger partial charge on any atom is -0.497 e. The van der Waals surface area contributed by atoms with Crippen molar-refractivity contribution in [3.8, 4) is 17.0 Å². The summed E-state index contributed by atoms with van der Waals surface area (Å²) in [5.41, 5.74) is 6.42. The van der Waals surface area contributed by atoms with Crippen LogP contribution in [0.3, 0.4) is 0 Å². The maximum atomic E-state index is 11.3. The van der Waals surface area contributed by atoms with Crippen molar-refractivity contribution in [1.29, 1.82) is 0 Å². The first kappa shape index (κ1) is 25.4. The van der Waals surface area contributed by atoms with E-state index < -0.39 is 5.60 Å². The van der Waals surface area contributed by atoms with E-state index in [0.717, 1.165) is 63.3 Å². The van der Waals surface area contributed by atoms with Gasteiger partial charge in [-0.2, -0.15) is 5.10 Å². The number of aryl methyl sites for hydroxylation is 3. The number of pyridine rings is 2. The molecule has 0 bridgehead atoms. The lowest BCUT2D eigenvalue weighted by Gasteiger charge is -2.32. The number of aromatic nitrogens is 8. The predicted molar refractivity (Wildman–Crippen MR) is 146 cm³/mol. The van der Waals surface area contributed by atoms with Gasteiger partial charge in [0.05, 0.1) is 41.3 Å². The van der Waals surface area contributed by atoms with Gasteiger partial charge in [0, 0.05) is 51.3 Å². The van der Waals surface area contributed by atoms with Gasteiger partial charge >= 0.3 is 0 Å². The molecule has 6 heterocycles. The molecule has 1 aliphatic rings. The van der Waals surface area contributed by atoms with Crippen molar-refractivity contribution in [1.82, 2.24) is 39.3 Å². The van der Waals surface area contributed by atoms with Crippen LogP contribution < -0.4 is 4.74 Å². The Morgan fingerprint density at radius 2 is 1.87 bits per heavy atom. The van der Waals surface area contributed by atoms with Crippen molar-refractivity contribution in [3.63, 3.8) is 0 Å². The highest BCUT2D eigenvalue weighted by Crippen LogP contribution is 2.43. The fourth-order valence-corrected chi connectivity index (χ4v) is 5.97. The quantitative estimate of drug-likeness (QED) is 0.353. The lowest BCUT2D eigenvalue weighted by molar-refractivity contribution is 0.0542. The van der Waals surface area contributed by atoms with Crippen LogP contribution in [0.1, 0.15) is 49.8 Å². The van der Waals surface area contributed by atoms with E-state index in [9.17, 15) is 5.11 Å². The fraction of sp³-hybridized carbons (Fsp3) is 0.464. The molecule has 1 atom stereocenters. The van der Waals surface area contributed by atoms with Crippen LogP contribution in [-0.4, -0.2) is 64.7 Å².